The number of ether oxygens (including phenoxy) is 1. The maximum absolute atomic E-state index is 5.81. The van der Waals surface area contributed by atoms with Crippen LogP contribution in [-0.2, 0) is 13.1 Å². The van der Waals surface area contributed by atoms with Crippen molar-refractivity contribution in [1.82, 2.24) is 15.1 Å². The molecule has 2 aromatic rings. The van der Waals surface area contributed by atoms with E-state index in [0.29, 0.717) is 6.61 Å². The summed E-state index contributed by atoms with van der Waals surface area (Å²) in [5, 5.41) is 7.65. The van der Waals surface area contributed by atoms with Crippen molar-refractivity contribution in [2.75, 3.05) is 13.7 Å². The third kappa shape index (κ3) is 3.39. The van der Waals surface area contributed by atoms with Gasteiger partial charge in [-0.2, -0.15) is 5.10 Å². The minimum absolute atomic E-state index is 0.629. The Hall–Kier alpha value is -1.81. The monoisotopic (exact) mass is 273 g/mol. The first-order valence-electron chi connectivity index (χ1n) is 6.98. The predicted octanol–water partition coefficient (Wildman–Crippen LogP) is 2.61. The van der Waals surface area contributed by atoms with Gasteiger partial charge in [0.05, 0.1) is 12.2 Å². The molecule has 0 radical (unpaired) electrons. The molecule has 0 amide bonds. The lowest BCUT2D eigenvalue weighted by atomic mass is 10.2. The standard InChI is InChI=1S/C16H23N3O/c1-12-13(2)18-19(14(12)3)8-9-20-16-7-5-6-15(10-16)11-17-4/h5-7,10,17H,8-9,11H2,1-4H3. The largest absolute Gasteiger partial charge is 0.492 e. The van der Waals surface area contributed by atoms with E-state index in [4.69, 9.17) is 4.74 Å². The van der Waals surface area contributed by atoms with Gasteiger partial charge in [-0.15, -0.1) is 0 Å². The molecule has 108 valence electrons. The van der Waals surface area contributed by atoms with E-state index in [0.717, 1.165) is 24.5 Å². The van der Waals surface area contributed by atoms with Crippen LogP contribution in [0.4, 0.5) is 0 Å². The number of aromatic nitrogens is 2. The molecule has 4 heteroatoms. The van der Waals surface area contributed by atoms with Crippen molar-refractivity contribution in [1.29, 1.82) is 0 Å². The Balaban J connectivity index is 1.92. The van der Waals surface area contributed by atoms with Gasteiger partial charge in [-0.25, -0.2) is 0 Å². The third-order valence-corrected chi connectivity index (χ3v) is 3.59. The molecule has 1 aromatic heterocycles. The van der Waals surface area contributed by atoms with Crippen LogP contribution in [-0.4, -0.2) is 23.4 Å². The van der Waals surface area contributed by atoms with Crippen LogP contribution in [0.5, 0.6) is 5.75 Å². The van der Waals surface area contributed by atoms with E-state index < -0.39 is 0 Å². The van der Waals surface area contributed by atoms with Crippen LogP contribution in [0.2, 0.25) is 0 Å². The highest BCUT2D eigenvalue weighted by atomic mass is 16.5. The summed E-state index contributed by atoms with van der Waals surface area (Å²) < 4.78 is 7.83. The smallest absolute Gasteiger partial charge is 0.119 e. The molecule has 0 saturated heterocycles. The normalized spacial score (nSPS) is 10.8. The minimum Gasteiger partial charge on any atom is -0.492 e. The van der Waals surface area contributed by atoms with Gasteiger partial charge in [-0.1, -0.05) is 12.1 Å². The van der Waals surface area contributed by atoms with Crippen molar-refractivity contribution in [2.45, 2.75) is 33.9 Å². The Morgan fingerprint density at radius 2 is 2.05 bits per heavy atom. The average molecular weight is 273 g/mol. The number of rotatable bonds is 6. The molecule has 20 heavy (non-hydrogen) atoms. The first-order chi connectivity index (χ1) is 9.61. The molecule has 0 aliphatic heterocycles. The fourth-order valence-electron chi connectivity index (χ4n) is 2.20. The Kier molecular flexibility index (Phi) is 4.79. The molecular weight excluding hydrogens is 250 g/mol. The first kappa shape index (κ1) is 14.6. The molecule has 0 aliphatic rings. The van der Waals surface area contributed by atoms with Crippen molar-refractivity contribution in [3.05, 3.63) is 46.8 Å². The van der Waals surface area contributed by atoms with Crippen LogP contribution in [0.15, 0.2) is 24.3 Å². The lowest BCUT2D eigenvalue weighted by Crippen LogP contribution is -2.11. The van der Waals surface area contributed by atoms with Crippen molar-refractivity contribution < 1.29 is 4.74 Å². The topological polar surface area (TPSA) is 39.1 Å². The Morgan fingerprint density at radius 1 is 1.25 bits per heavy atom. The van der Waals surface area contributed by atoms with Crippen molar-refractivity contribution in [3.63, 3.8) is 0 Å². The zero-order valence-corrected chi connectivity index (χ0v) is 12.7. The summed E-state index contributed by atoms with van der Waals surface area (Å²) in [7, 11) is 1.94. The molecule has 0 fully saturated rings. The van der Waals surface area contributed by atoms with E-state index in [-0.39, 0.29) is 0 Å². The van der Waals surface area contributed by atoms with Crippen molar-refractivity contribution in [2.24, 2.45) is 0 Å². The second-order valence-corrected chi connectivity index (χ2v) is 5.05. The van der Waals surface area contributed by atoms with Crippen LogP contribution in [0.3, 0.4) is 0 Å². The highest BCUT2D eigenvalue weighted by molar-refractivity contribution is 5.28. The number of hydrogen-bond donors (Lipinski definition) is 1. The van der Waals surface area contributed by atoms with Crippen LogP contribution < -0.4 is 10.1 Å². The van der Waals surface area contributed by atoms with Crippen LogP contribution >= 0.6 is 0 Å². The second-order valence-electron chi connectivity index (χ2n) is 5.05. The van der Waals surface area contributed by atoms with E-state index in [1.807, 2.05) is 30.8 Å². The first-order valence-corrected chi connectivity index (χ1v) is 6.98. The fourth-order valence-corrected chi connectivity index (χ4v) is 2.20. The molecule has 0 aliphatic carbocycles. The van der Waals surface area contributed by atoms with Crippen LogP contribution in [0, 0.1) is 20.8 Å². The summed E-state index contributed by atoms with van der Waals surface area (Å²) in [4.78, 5) is 0. The van der Waals surface area contributed by atoms with Gasteiger partial charge in [0, 0.05) is 12.2 Å². The molecule has 0 atom stereocenters. The third-order valence-electron chi connectivity index (χ3n) is 3.59. The highest BCUT2D eigenvalue weighted by Crippen LogP contribution is 2.14. The van der Waals surface area contributed by atoms with Gasteiger partial charge in [0.2, 0.25) is 0 Å². The molecule has 0 spiro atoms. The molecule has 1 aromatic carbocycles. The maximum atomic E-state index is 5.81. The molecule has 0 bridgehead atoms. The van der Waals surface area contributed by atoms with Gasteiger partial charge in [-0.05, 0) is 51.1 Å². The molecule has 1 N–H and O–H groups in total. The molecule has 2 rings (SSSR count). The summed E-state index contributed by atoms with van der Waals surface area (Å²) in [6, 6.07) is 8.18. The minimum atomic E-state index is 0.629. The maximum Gasteiger partial charge on any atom is 0.119 e. The molecule has 0 saturated carbocycles. The Labute approximate surface area is 120 Å². The Bertz CT molecular complexity index is 575. The van der Waals surface area contributed by atoms with Crippen LogP contribution in [0.25, 0.3) is 0 Å². The van der Waals surface area contributed by atoms with Crippen molar-refractivity contribution in [3.8, 4) is 5.75 Å². The number of aryl methyl sites for hydroxylation is 1. The summed E-state index contributed by atoms with van der Waals surface area (Å²) in [5.74, 6) is 0.913. The highest BCUT2D eigenvalue weighted by Gasteiger charge is 2.06. The van der Waals surface area contributed by atoms with Crippen molar-refractivity contribution >= 4 is 0 Å². The average Bonchev–Trinajstić information content (AvgIpc) is 2.67. The van der Waals surface area contributed by atoms with Gasteiger partial charge in [0.25, 0.3) is 0 Å². The predicted molar refractivity (Wildman–Crippen MR) is 81.1 cm³/mol. The van der Waals surface area contributed by atoms with Gasteiger partial charge in [0.15, 0.2) is 0 Å². The SMILES string of the molecule is CNCc1cccc(OCCn2nc(C)c(C)c2C)c1. The van der Waals surface area contributed by atoms with E-state index in [1.165, 1.54) is 16.8 Å². The molecule has 0 unspecified atom stereocenters. The van der Waals surface area contributed by atoms with Crippen LogP contribution in [0.1, 0.15) is 22.5 Å². The summed E-state index contributed by atoms with van der Waals surface area (Å²) in [6.07, 6.45) is 0. The number of benzene rings is 1. The van der Waals surface area contributed by atoms with E-state index in [1.54, 1.807) is 0 Å². The van der Waals surface area contributed by atoms with Gasteiger partial charge in [0.1, 0.15) is 12.4 Å². The zero-order valence-electron chi connectivity index (χ0n) is 12.7. The van der Waals surface area contributed by atoms with E-state index >= 15 is 0 Å². The Morgan fingerprint density at radius 3 is 2.70 bits per heavy atom. The summed E-state index contributed by atoms with van der Waals surface area (Å²) in [6.45, 7) is 8.51. The van der Waals surface area contributed by atoms with Gasteiger partial charge in [-0.3, -0.25) is 4.68 Å². The number of hydrogen-bond acceptors (Lipinski definition) is 3. The van der Waals surface area contributed by atoms with Gasteiger partial charge >= 0.3 is 0 Å². The molecule has 4 nitrogen and oxygen atoms in total. The van der Waals surface area contributed by atoms with Gasteiger partial charge < -0.3 is 10.1 Å². The molecular formula is C16H23N3O. The number of nitrogens with zero attached hydrogens (tertiary/aromatic N) is 2. The lowest BCUT2D eigenvalue weighted by molar-refractivity contribution is 0.289. The van der Waals surface area contributed by atoms with E-state index in [9.17, 15) is 0 Å². The molecule has 1 heterocycles. The lowest BCUT2D eigenvalue weighted by Gasteiger charge is -2.09. The summed E-state index contributed by atoms with van der Waals surface area (Å²) >= 11 is 0. The fraction of sp³-hybridized carbons (Fsp3) is 0.438. The summed E-state index contributed by atoms with van der Waals surface area (Å²) in [5.41, 5.74) is 4.81. The quantitative estimate of drug-likeness (QED) is 0.879. The second kappa shape index (κ2) is 6.57. The number of nitrogens with one attached hydrogen (secondary N) is 1. The van der Waals surface area contributed by atoms with E-state index in [2.05, 4.69) is 36.4 Å². The zero-order chi connectivity index (χ0) is 14.5.